The second-order valence-electron chi connectivity index (χ2n) is 11.1. The number of fused-ring (bicyclic) bond motifs is 1. The van der Waals surface area contributed by atoms with Crippen LogP contribution in [-0.2, 0) is 14.6 Å². The van der Waals surface area contributed by atoms with Crippen LogP contribution in [0.1, 0.15) is 45.1 Å². The topological polar surface area (TPSA) is 121 Å². The number of hydrogen-bond donors (Lipinski definition) is 2. The van der Waals surface area contributed by atoms with Crippen molar-refractivity contribution in [3.05, 3.63) is 42.2 Å². The van der Waals surface area contributed by atoms with Gasteiger partial charge in [-0.15, -0.1) is 0 Å². The van der Waals surface area contributed by atoms with Crippen molar-refractivity contribution in [3.63, 3.8) is 0 Å². The van der Waals surface area contributed by atoms with Crippen LogP contribution in [-0.4, -0.2) is 85.5 Å². The number of nitrogens with zero attached hydrogens (tertiary/aromatic N) is 5. The number of benzene rings is 1. The fraction of sp³-hybridized carbons (Fsp3) is 0.552. The molecule has 3 aromatic rings. The molecule has 0 aliphatic carbocycles. The van der Waals surface area contributed by atoms with Crippen LogP contribution in [0.3, 0.4) is 0 Å². The first-order chi connectivity index (χ1) is 19.3. The summed E-state index contributed by atoms with van der Waals surface area (Å²) in [4.78, 5) is 18.4. The predicted octanol–water partition coefficient (Wildman–Crippen LogP) is 3.74. The van der Waals surface area contributed by atoms with Gasteiger partial charge in [-0.25, -0.2) is 18.4 Å². The number of sulfone groups is 1. The van der Waals surface area contributed by atoms with Crippen molar-refractivity contribution in [3.8, 4) is 0 Å². The summed E-state index contributed by atoms with van der Waals surface area (Å²) in [6, 6.07) is 8.25. The van der Waals surface area contributed by atoms with Crippen LogP contribution in [0, 0.1) is 5.92 Å². The van der Waals surface area contributed by atoms with Crippen LogP contribution in [0.15, 0.2) is 36.7 Å². The summed E-state index contributed by atoms with van der Waals surface area (Å²) < 4.78 is 29.8. The third kappa shape index (κ3) is 6.47. The normalized spacial score (nSPS) is 17.0. The molecule has 0 spiro atoms. The third-order valence-corrected chi connectivity index (χ3v) is 9.69. The Labute approximate surface area is 236 Å². The Kier molecular flexibility index (Phi) is 8.72. The summed E-state index contributed by atoms with van der Waals surface area (Å²) >= 11 is 0. The molecule has 0 atom stereocenters. The van der Waals surface area contributed by atoms with Crippen LogP contribution in [0.2, 0.25) is 0 Å². The Balaban J connectivity index is 1.32. The number of aliphatic hydroxyl groups is 1. The molecule has 40 heavy (non-hydrogen) atoms. The molecule has 2 N–H and O–H groups in total. The first-order valence-corrected chi connectivity index (χ1v) is 16.0. The molecule has 2 aliphatic heterocycles. The highest BCUT2D eigenvalue weighted by Crippen LogP contribution is 2.37. The van der Waals surface area contributed by atoms with Crippen molar-refractivity contribution in [2.75, 3.05) is 66.0 Å². The van der Waals surface area contributed by atoms with Gasteiger partial charge in [0.1, 0.15) is 21.5 Å². The molecule has 11 heteroatoms. The highest BCUT2D eigenvalue weighted by Gasteiger charge is 2.31. The summed E-state index contributed by atoms with van der Waals surface area (Å²) in [7, 11) is -2.97. The zero-order valence-corrected chi connectivity index (χ0v) is 24.4. The van der Waals surface area contributed by atoms with Gasteiger partial charge >= 0.3 is 0 Å². The number of rotatable bonds is 11. The molecule has 0 bridgehead atoms. The summed E-state index contributed by atoms with van der Waals surface area (Å²) in [5.74, 6) is 3.02. The Morgan fingerprint density at radius 2 is 1.85 bits per heavy atom. The van der Waals surface area contributed by atoms with E-state index in [2.05, 4.69) is 52.1 Å². The molecule has 4 heterocycles. The average molecular weight is 569 g/mol. The van der Waals surface area contributed by atoms with Gasteiger partial charge in [-0.05, 0) is 47.9 Å². The Morgan fingerprint density at radius 1 is 1.07 bits per heavy atom. The van der Waals surface area contributed by atoms with Gasteiger partial charge in [0.05, 0.1) is 25.1 Å². The maximum atomic E-state index is 12.1. The quantitative estimate of drug-likeness (QED) is 0.354. The summed E-state index contributed by atoms with van der Waals surface area (Å²) in [6.45, 7) is 9.59. The Morgan fingerprint density at radius 3 is 2.55 bits per heavy atom. The van der Waals surface area contributed by atoms with Gasteiger partial charge in [0.15, 0.2) is 0 Å². The third-order valence-electron chi connectivity index (χ3n) is 7.83. The molecule has 0 unspecified atom stereocenters. The van der Waals surface area contributed by atoms with Gasteiger partial charge in [-0.3, -0.25) is 0 Å². The lowest BCUT2D eigenvalue weighted by atomic mass is 9.93. The van der Waals surface area contributed by atoms with E-state index < -0.39 is 9.84 Å². The second-order valence-corrected chi connectivity index (χ2v) is 13.5. The molecular formula is C29H40N6O4S. The van der Waals surface area contributed by atoms with Crippen molar-refractivity contribution < 1.29 is 18.3 Å². The van der Waals surface area contributed by atoms with E-state index in [-0.39, 0.29) is 30.1 Å². The van der Waals surface area contributed by atoms with Crippen LogP contribution >= 0.6 is 0 Å². The zero-order chi connectivity index (χ0) is 28.3. The highest BCUT2D eigenvalue weighted by atomic mass is 32.2. The molecule has 216 valence electrons. The molecule has 2 fully saturated rings. The molecule has 10 nitrogen and oxygen atoms in total. The van der Waals surface area contributed by atoms with Gasteiger partial charge in [0.2, 0.25) is 5.95 Å². The maximum Gasteiger partial charge on any atom is 0.227 e. The summed E-state index contributed by atoms with van der Waals surface area (Å²) in [5.41, 5.74) is 2.34. The molecule has 2 aromatic heterocycles. The lowest BCUT2D eigenvalue weighted by Crippen LogP contribution is -2.49. The molecule has 2 saturated heterocycles. The van der Waals surface area contributed by atoms with Crippen molar-refractivity contribution in [1.29, 1.82) is 0 Å². The van der Waals surface area contributed by atoms with Crippen LogP contribution in [0.5, 0.6) is 0 Å². The maximum absolute atomic E-state index is 12.1. The number of piperidine rings is 1. The lowest BCUT2D eigenvalue weighted by molar-refractivity contribution is 0.0157. The molecule has 1 aromatic carbocycles. The van der Waals surface area contributed by atoms with Crippen LogP contribution < -0.4 is 15.1 Å². The average Bonchev–Trinajstić information content (AvgIpc) is 2.93. The lowest BCUT2D eigenvalue weighted by Gasteiger charge is -2.41. The number of pyridine rings is 1. The molecule has 5 rings (SSSR count). The number of ether oxygens (including phenoxy) is 1. The number of aliphatic hydroxyl groups excluding tert-OH is 1. The summed E-state index contributed by atoms with van der Waals surface area (Å²) in [5, 5.41) is 14.6. The fourth-order valence-electron chi connectivity index (χ4n) is 5.59. The van der Waals surface area contributed by atoms with E-state index in [0.29, 0.717) is 30.1 Å². The Bertz CT molecular complexity index is 1420. The summed E-state index contributed by atoms with van der Waals surface area (Å²) in [6.07, 6.45) is 5.59. The molecule has 0 saturated carbocycles. The monoisotopic (exact) mass is 568 g/mol. The van der Waals surface area contributed by atoms with Gasteiger partial charge in [0.25, 0.3) is 0 Å². The fourth-order valence-corrected chi connectivity index (χ4v) is 6.75. The van der Waals surface area contributed by atoms with E-state index in [9.17, 15) is 8.42 Å². The smallest absolute Gasteiger partial charge is 0.227 e. The number of anilines is 4. The first-order valence-electron chi connectivity index (χ1n) is 14.2. The van der Waals surface area contributed by atoms with E-state index in [1.807, 2.05) is 12.3 Å². The van der Waals surface area contributed by atoms with Crippen molar-refractivity contribution in [1.82, 2.24) is 15.0 Å². The van der Waals surface area contributed by atoms with Crippen molar-refractivity contribution in [2.45, 2.75) is 45.6 Å². The van der Waals surface area contributed by atoms with Crippen LogP contribution in [0.25, 0.3) is 10.8 Å². The highest BCUT2D eigenvalue weighted by molar-refractivity contribution is 7.91. The standard InChI is InChI=1S/C29H40N6O4S/c1-4-40(37,38)19-21-17-35(18-21)26-6-5-23(20(2)3)24-15-28(31-16-25(24)26)32-27-7-10-30-29(33-27)34-11-8-22(9-12-34)39-14-13-36/h5-7,10,15-16,20-22,36H,4,8-9,11-14,17-19H2,1-3H3,(H,30,31,32,33). The second kappa shape index (κ2) is 12.2. The first kappa shape index (κ1) is 28.5. The van der Waals surface area contributed by atoms with E-state index in [0.717, 1.165) is 55.5 Å². The van der Waals surface area contributed by atoms with Gasteiger partial charge in [-0.1, -0.05) is 26.8 Å². The zero-order valence-electron chi connectivity index (χ0n) is 23.6. The predicted molar refractivity (Wildman–Crippen MR) is 159 cm³/mol. The molecule has 0 radical (unpaired) electrons. The van der Waals surface area contributed by atoms with Gasteiger partial charge in [-0.2, -0.15) is 4.98 Å². The van der Waals surface area contributed by atoms with E-state index in [1.165, 1.54) is 5.56 Å². The van der Waals surface area contributed by atoms with E-state index in [4.69, 9.17) is 19.8 Å². The van der Waals surface area contributed by atoms with Crippen molar-refractivity contribution in [2.24, 2.45) is 5.92 Å². The SMILES string of the molecule is CCS(=O)(=O)CC1CN(c2ccc(C(C)C)c3cc(Nc4ccnc(N5CCC(OCCO)CC5)n4)ncc23)C1. The van der Waals surface area contributed by atoms with Gasteiger partial charge in [0, 0.05) is 61.3 Å². The molecule has 2 aliphatic rings. The number of hydrogen-bond acceptors (Lipinski definition) is 10. The Hall–Kier alpha value is -3.02. The minimum Gasteiger partial charge on any atom is -0.394 e. The van der Waals surface area contributed by atoms with Crippen LogP contribution in [0.4, 0.5) is 23.3 Å². The van der Waals surface area contributed by atoms with E-state index in [1.54, 1.807) is 13.1 Å². The number of nitrogens with one attached hydrogen (secondary N) is 1. The minimum absolute atomic E-state index is 0.0456. The van der Waals surface area contributed by atoms with Crippen molar-refractivity contribution >= 4 is 43.9 Å². The molecular weight excluding hydrogens is 528 g/mol. The van der Waals surface area contributed by atoms with E-state index >= 15 is 0 Å². The minimum atomic E-state index is -2.97. The number of aromatic nitrogens is 3. The van der Waals surface area contributed by atoms with Gasteiger partial charge < -0.3 is 25.0 Å². The largest absolute Gasteiger partial charge is 0.394 e. The molecule has 0 amide bonds.